The molecule has 1 atom stereocenters. The van der Waals surface area contributed by atoms with Crippen molar-refractivity contribution in [3.63, 3.8) is 0 Å². The van der Waals surface area contributed by atoms with Crippen molar-refractivity contribution in [3.05, 3.63) is 41.1 Å². The summed E-state index contributed by atoms with van der Waals surface area (Å²) < 4.78 is 7.23. The average Bonchev–Trinajstić information content (AvgIpc) is 2.99. The number of nitrogens with one attached hydrogen (secondary N) is 1. The van der Waals surface area contributed by atoms with Gasteiger partial charge in [0.05, 0.1) is 5.57 Å². The minimum Gasteiger partial charge on any atom is -0.456 e. The normalized spacial score (nSPS) is 16.8. The molecule has 138 valence electrons. The van der Waals surface area contributed by atoms with E-state index in [1.165, 1.54) is 0 Å². The highest BCUT2D eigenvalue weighted by Crippen LogP contribution is 2.36. The van der Waals surface area contributed by atoms with Gasteiger partial charge in [-0.1, -0.05) is 17.2 Å². The standard InChI is InChI=1S/C18H24N6O2/c1-11-14(16(25)26-18(2,3)4)15(24-17(19-11)20-21-22-24)12-7-9-13(10-8-12)23(5)6/h7-10,15H,1-6H3,(H,19,20,22)/t15-/m0/s1. The van der Waals surface area contributed by atoms with Crippen LogP contribution in [0.5, 0.6) is 0 Å². The molecule has 0 aliphatic carbocycles. The van der Waals surface area contributed by atoms with E-state index in [-0.39, 0.29) is 5.97 Å². The summed E-state index contributed by atoms with van der Waals surface area (Å²) in [5.74, 6) is 0.113. The van der Waals surface area contributed by atoms with Crippen LogP contribution in [0.1, 0.15) is 39.3 Å². The van der Waals surface area contributed by atoms with Gasteiger partial charge in [0.1, 0.15) is 11.6 Å². The van der Waals surface area contributed by atoms with Gasteiger partial charge in [0.15, 0.2) is 0 Å². The lowest BCUT2D eigenvalue weighted by Crippen LogP contribution is -2.33. The quantitative estimate of drug-likeness (QED) is 0.845. The van der Waals surface area contributed by atoms with Crippen molar-refractivity contribution in [2.24, 2.45) is 0 Å². The van der Waals surface area contributed by atoms with E-state index >= 15 is 0 Å². The minimum atomic E-state index is -0.593. The number of tetrazole rings is 1. The summed E-state index contributed by atoms with van der Waals surface area (Å²) in [4.78, 5) is 14.9. The van der Waals surface area contributed by atoms with E-state index < -0.39 is 11.6 Å². The predicted molar refractivity (Wildman–Crippen MR) is 98.9 cm³/mol. The fraction of sp³-hybridized carbons (Fsp3) is 0.444. The van der Waals surface area contributed by atoms with Crippen LogP contribution in [0.2, 0.25) is 0 Å². The fourth-order valence-corrected chi connectivity index (χ4v) is 2.87. The van der Waals surface area contributed by atoms with Crippen LogP contribution in [-0.2, 0) is 9.53 Å². The largest absolute Gasteiger partial charge is 0.456 e. The van der Waals surface area contributed by atoms with Crippen LogP contribution in [-0.4, -0.2) is 45.9 Å². The first-order valence-electron chi connectivity index (χ1n) is 8.43. The molecule has 0 amide bonds. The number of allylic oxidation sites excluding steroid dienone is 1. The minimum absolute atomic E-state index is 0.384. The first-order chi connectivity index (χ1) is 12.2. The zero-order valence-electron chi connectivity index (χ0n) is 15.9. The van der Waals surface area contributed by atoms with Gasteiger partial charge in [0, 0.05) is 25.5 Å². The number of benzene rings is 1. The molecule has 8 nitrogen and oxygen atoms in total. The number of aromatic nitrogens is 4. The number of fused-ring (bicyclic) bond motifs is 1. The number of hydrogen-bond donors (Lipinski definition) is 1. The van der Waals surface area contributed by atoms with Crippen molar-refractivity contribution < 1.29 is 9.53 Å². The summed E-state index contributed by atoms with van der Waals surface area (Å²) in [6, 6.07) is 7.52. The SMILES string of the molecule is CC1=C(C(=O)OC(C)(C)C)[C@H](c2ccc(N(C)C)cc2)n2nnnc2N1. The average molecular weight is 356 g/mol. The van der Waals surface area contributed by atoms with Crippen molar-refractivity contribution in [3.8, 4) is 0 Å². The number of hydrogen-bond acceptors (Lipinski definition) is 7. The van der Waals surface area contributed by atoms with E-state index in [0.29, 0.717) is 17.2 Å². The lowest BCUT2D eigenvalue weighted by Gasteiger charge is -2.30. The van der Waals surface area contributed by atoms with Crippen molar-refractivity contribution in [2.45, 2.75) is 39.3 Å². The number of anilines is 2. The number of ether oxygens (including phenoxy) is 1. The zero-order chi connectivity index (χ0) is 19.1. The van der Waals surface area contributed by atoms with Gasteiger partial charge >= 0.3 is 5.97 Å². The molecule has 2 aromatic rings. The van der Waals surface area contributed by atoms with Crippen LogP contribution in [0.3, 0.4) is 0 Å². The molecule has 8 heteroatoms. The van der Waals surface area contributed by atoms with Gasteiger partial charge in [-0.15, -0.1) is 0 Å². The van der Waals surface area contributed by atoms with E-state index in [0.717, 1.165) is 11.3 Å². The molecule has 1 aliphatic heterocycles. The van der Waals surface area contributed by atoms with Gasteiger partial charge in [0.25, 0.3) is 0 Å². The summed E-state index contributed by atoms with van der Waals surface area (Å²) >= 11 is 0. The van der Waals surface area contributed by atoms with E-state index in [1.54, 1.807) is 4.68 Å². The molecule has 2 heterocycles. The molecule has 1 N–H and O–H groups in total. The van der Waals surface area contributed by atoms with E-state index in [2.05, 4.69) is 20.8 Å². The van der Waals surface area contributed by atoms with Gasteiger partial charge in [-0.05, 0) is 55.8 Å². The molecule has 3 rings (SSSR count). The van der Waals surface area contributed by atoms with Crippen molar-refractivity contribution >= 4 is 17.6 Å². The lowest BCUT2D eigenvalue weighted by atomic mass is 9.95. The molecular formula is C18H24N6O2. The van der Waals surface area contributed by atoms with Crippen LogP contribution in [0.4, 0.5) is 11.6 Å². The third-order valence-electron chi connectivity index (χ3n) is 4.06. The van der Waals surface area contributed by atoms with E-state index in [9.17, 15) is 4.79 Å². The van der Waals surface area contributed by atoms with Crippen molar-refractivity contribution in [2.75, 3.05) is 24.3 Å². The van der Waals surface area contributed by atoms with Crippen molar-refractivity contribution in [1.29, 1.82) is 0 Å². The Kier molecular flexibility index (Phi) is 4.43. The number of esters is 1. The summed E-state index contributed by atoms with van der Waals surface area (Å²) in [6.07, 6.45) is 0. The molecule has 1 aliphatic rings. The molecule has 26 heavy (non-hydrogen) atoms. The third kappa shape index (κ3) is 3.40. The maximum absolute atomic E-state index is 12.9. The van der Waals surface area contributed by atoms with Crippen LogP contribution in [0, 0.1) is 0 Å². The second-order valence-corrected chi connectivity index (χ2v) is 7.50. The van der Waals surface area contributed by atoms with Gasteiger partial charge in [-0.2, -0.15) is 4.68 Å². The maximum atomic E-state index is 12.9. The Balaban J connectivity index is 2.07. The molecule has 0 saturated carbocycles. The smallest absolute Gasteiger partial charge is 0.338 e. The van der Waals surface area contributed by atoms with Crippen LogP contribution >= 0.6 is 0 Å². The Morgan fingerprint density at radius 2 is 1.88 bits per heavy atom. The van der Waals surface area contributed by atoms with Crippen LogP contribution < -0.4 is 10.2 Å². The number of nitrogens with zero attached hydrogens (tertiary/aromatic N) is 5. The zero-order valence-corrected chi connectivity index (χ0v) is 15.9. The first kappa shape index (κ1) is 17.9. The van der Waals surface area contributed by atoms with Gasteiger partial charge < -0.3 is 15.0 Å². The molecule has 0 spiro atoms. The van der Waals surface area contributed by atoms with Crippen LogP contribution in [0.15, 0.2) is 35.5 Å². The number of carbonyl (C=O) groups excluding carboxylic acids is 1. The number of carbonyl (C=O) groups is 1. The summed E-state index contributed by atoms with van der Waals surface area (Å²) in [6.45, 7) is 7.37. The molecule has 1 aromatic heterocycles. The van der Waals surface area contributed by atoms with Gasteiger partial charge in [-0.25, -0.2) is 4.79 Å². The van der Waals surface area contributed by atoms with E-state index in [4.69, 9.17) is 4.74 Å². The maximum Gasteiger partial charge on any atom is 0.338 e. The Labute approximate surface area is 152 Å². The highest BCUT2D eigenvalue weighted by Gasteiger charge is 2.36. The van der Waals surface area contributed by atoms with Gasteiger partial charge in [0.2, 0.25) is 5.95 Å². The Morgan fingerprint density at radius 1 is 1.23 bits per heavy atom. The highest BCUT2D eigenvalue weighted by molar-refractivity contribution is 5.92. The predicted octanol–water partition coefficient (Wildman–Crippen LogP) is 2.37. The van der Waals surface area contributed by atoms with E-state index in [1.807, 2.05) is 71.0 Å². The Bertz CT molecular complexity index is 845. The van der Waals surface area contributed by atoms with Crippen LogP contribution in [0.25, 0.3) is 0 Å². The summed E-state index contributed by atoms with van der Waals surface area (Å²) in [5.41, 5.74) is 2.57. The Morgan fingerprint density at radius 3 is 2.46 bits per heavy atom. The third-order valence-corrected chi connectivity index (χ3v) is 4.06. The molecule has 0 saturated heterocycles. The molecule has 0 unspecified atom stereocenters. The fourth-order valence-electron chi connectivity index (χ4n) is 2.87. The number of rotatable bonds is 3. The molecule has 0 radical (unpaired) electrons. The second kappa shape index (κ2) is 6.44. The molecule has 0 fully saturated rings. The first-order valence-corrected chi connectivity index (χ1v) is 8.43. The highest BCUT2D eigenvalue weighted by atomic mass is 16.6. The summed E-state index contributed by atoms with van der Waals surface area (Å²) in [7, 11) is 3.96. The molecule has 0 bridgehead atoms. The monoisotopic (exact) mass is 356 g/mol. The topological polar surface area (TPSA) is 85.2 Å². The Hall–Kier alpha value is -2.90. The van der Waals surface area contributed by atoms with Gasteiger partial charge in [-0.3, -0.25) is 0 Å². The summed E-state index contributed by atoms with van der Waals surface area (Å²) in [5, 5.41) is 14.9. The second-order valence-electron chi connectivity index (χ2n) is 7.50. The molecule has 1 aromatic carbocycles. The lowest BCUT2D eigenvalue weighted by molar-refractivity contribution is -0.150. The van der Waals surface area contributed by atoms with Crippen molar-refractivity contribution in [1.82, 2.24) is 20.2 Å². The molecular weight excluding hydrogens is 332 g/mol.